The van der Waals surface area contributed by atoms with Crippen LogP contribution in [0.15, 0.2) is 37.2 Å². The molecule has 0 fully saturated rings. The molecule has 1 amide bonds. The van der Waals surface area contributed by atoms with Crippen LogP contribution in [0.3, 0.4) is 0 Å². The van der Waals surface area contributed by atoms with Crippen molar-refractivity contribution in [2.75, 3.05) is 12.4 Å². The number of carbonyl (C=O) groups excluding carboxylic acids is 2. The lowest BCUT2D eigenvalue weighted by Crippen LogP contribution is -2.35. The highest BCUT2D eigenvalue weighted by molar-refractivity contribution is 6.21. The number of carbonyl (C=O) groups is 2. The van der Waals surface area contributed by atoms with E-state index >= 15 is 0 Å². The molecule has 2 atom stereocenters. The van der Waals surface area contributed by atoms with Gasteiger partial charge >= 0.3 is 5.97 Å². The second kappa shape index (κ2) is 9.67. The second-order valence-corrected chi connectivity index (χ2v) is 5.72. The van der Waals surface area contributed by atoms with Crippen LogP contribution in [0, 0.1) is 0 Å². The van der Waals surface area contributed by atoms with Gasteiger partial charge in [-0.1, -0.05) is 13.2 Å². The van der Waals surface area contributed by atoms with E-state index in [2.05, 4.69) is 38.5 Å². The fourth-order valence-corrected chi connectivity index (χ4v) is 1.91. The van der Waals surface area contributed by atoms with Gasteiger partial charge in [-0.25, -0.2) is 9.97 Å². The van der Waals surface area contributed by atoms with E-state index in [0.29, 0.717) is 11.4 Å². The summed E-state index contributed by atoms with van der Waals surface area (Å²) in [6, 6.07) is 1.21. The third-order valence-corrected chi connectivity index (χ3v) is 3.39. The Bertz CT molecular complexity index is 619. The minimum Gasteiger partial charge on any atom is -0.469 e. The van der Waals surface area contributed by atoms with E-state index in [0.717, 1.165) is 0 Å². The molecule has 0 bridgehead atoms. The third kappa shape index (κ3) is 6.78. The number of anilines is 1. The van der Waals surface area contributed by atoms with E-state index in [4.69, 9.17) is 11.6 Å². The second-order valence-electron chi connectivity index (χ2n) is 5.03. The Morgan fingerprint density at radius 2 is 2.21 bits per heavy atom. The van der Waals surface area contributed by atoms with Crippen LogP contribution in [0.4, 0.5) is 5.95 Å². The van der Waals surface area contributed by atoms with Gasteiger partial charge in [-0.3, -0.25) is 9.59 Å². The Hall–Kier alpha value is -2.41. The summed E-state index contributed by atoms with van der Waals surface area (Å²) >= 11 is 6.14. The van der Waals surface area contributed by atoms with Gasteiger partial charge in [0.1, 0.15) is 0 Å². The fraction of sp³-hybridized carbons (Fsp3) is 0.375. The van der Waals surface area contributed by atoms with Crippen molar-refractivity contribution in [3.05, 3.63) is 42.9 Å². The summed E-state index contributed by atoms with van der Waals surface area (Å²) in [4.78, 5) is 31.6. The van der Waals surface area contributed by atoms with Crippen molar-refractivity contribution in [2.45, 2.75) is 31.2 Å². The lowest BCUT2D eigenvalue weighted by atomic mass is 10.1. The van der Waals surface area contributed by atoms with Crippen molar-refractivity contribution in [1.29, 1.82) is 0 Å². The summed E-state index contributed by atoms with van der Waals surface area (Å²) in [6.07, 6.45) is 3.10. The molecule has 0 aromatic carbocycles. The first kappa shape index (κ1) is 19.6. The zero-order chi connectivity index (χ0) is 18.1. The normalized spacial score (nSPS) is 12.6. The maximum absolute atomic E-state index is 11.9. The summed E-state index contributed by atoms with van der Waals surface area (Å²) in [5.41, 5.74) is 0.919. The van der Waals surface area contributed by atoms with Gasteiger partial charge in [0.05, 0.1) is 30.6 Å². The minimum absolute atomic E-state index is 0.0362. The van der Waals surface area contributed by atoms with E-state index in [1.807, 2.05) is 0 Å². The van der Waals surface area contributed by atoms with Crippen LogP contribution in [-0.4, -0.2) is 40.4 Å². The Morgan fingerprint density at radius 3 is 2.79 bits per heavy atom. The topological polar surface area (TPSA) is 93.2 Å². The van der Waals surface area contributed by atoms with Gasteiger partial charge < -0.3 is 15.4 Å². The van der Waals surface area contributed by atoms with Gasteiger partial charge in [0.2, 0.25) is 11.9 Å². The number of rotatable bonds is 9. The van der Waals surface area contributed by atoms with Crippen LogP contribution in [0.2, 0.25) is 0 Å². The summed E-state index contributed by atoms with van der Waals surface area (Å²) in [5, 5.41) is 5.24. The Labute approximate surface area is 146 Å². The Balaban J connectivity index is 2.76. The van der Waals surface area contributed by atoms with Crippen LogP contribution in [-0.2, 0) is 20.7 Å². The Kier molecular flexibility index (Phi) is 7.91. The standard InChI is InChI=1S/C16H21ClN4O3/c1-5-10(2)19-14(22)9-13(11(3)17)21-16-18-7-6-12(20-16)8-15(23)24-4/h5-7,11,13H,1-2,8-9H2,3-4H3,(H,19,22)(H,18,20,21)/t11?,13-/m1/s1. The molecule has 0 spiro atoms. The molecule has 1 aromatic heterocycles. The molecular formula is C16H21ClN4O3. The number of halogens is 1. The predicted octanol–water partition coefficient (Wildman–Crippen LogP) is 1.81. The SMILES string of the molecule is C=CC(=C)NC(=O)C[C@@H](Nc1nccc(CC(=O)OC)n1)C(C)Cl. The highest BCUT2D eigenvalue weighted by Gasteiger charge is 2.20. The van der Waals surface area contributed by atoms with E-state index < -0.39 is 12.0 Å². The number of allylic oxidation sites excluding steroid dienone is 1. The smallest absolute Gasteiger partial charge is 0.311 e. The molecule has 1 heterocycles. The molecule has 0 saturated heterocycles. The molecule has 1 unspecified atom stereocenters. The van der Waals surface area contributed by atoms with Crippen LogP contribution < -0.4 is 10.6 Å². The predicted molar refractivity (Wildman–Crippen MR) is 92.6 cm³/mol. The molecule has 2 N–H and O–H groups in total. The number of aromatic nitrogens is 2. The van der Waals surface area contributed by atoms with Gasteiger partial charge in [-0.2, -0.15) is 0 Å². The van der Waals surface area contributed by atoms with Gasteiger partial charge in [-0.15, -0.1) is 11.6 Å². The maximum atomic E-state index is 11.9. The number of amides is 1. The van der Waals surface area contributed by atoms with Crippen molar-refractivity contribution in [2.24, 2.45) is 0 Å². The van der Waals surface area contributed by atoms with Crippen molar-refractivity contribution >= 4 is 29.4 Å². The van der Waals surface area contributed by atoms with Crippen molar-refractivity contribution < 1.29 is 14.3 Å². The van der Waals surface area contributed by atoms with Crippen molar-refractivity contribution in [3.63, 3.8) is 0 Å². The maximum Gasteiger partial charge on any atom is 0.311 e. The average Bonchev–Trinajstić information content (AvgIpc) is 2.54. The quantitative estimate of drug-likeness (QED) is 0.400. The Morgan fingerprint density at radius 1 is 1.50 bits per heavy atom. The first-order valence-electron chi connectivity index (χ1n) is 7.26. The molecule has 8 heteroatoms. The van der Waals surface area contributed by atoms with E-state index in [-0.39, 0.29) is 30.1 Å². The molecule has 24 heavy (non-hydrogen) atoms. The molecular weight excluding hydrogens is 332 g/mol. The van der Waals surface area contributed by atoms with Crippen molar-refractivity contribution in [1.82, 2.24) is 15.3 Å². The molecule has 0 saturated carbocycles. The monoisotopic (exact) mass is 352 g/mol. The number of ether oxygens (including phenoxy) is 1. The fourth-order valence-electron chi connectivity index (χ4n) is 1.76. The molecule has 0 aliphatic rings. The first-order chi connectivity index (χ1) is 11.3. The molecule has 0 aliphatic carbocycles. The zero-order valence-electron chi connectivity index (χ0n) is 13.7. The number of nitrogens with one attached hydrogen (secondary N) is 2. The molecule has 130 valence electrons. The molecule has 1 rings (SSSR count). The lowest BCUT2D eigenvalue weighted by molar-refractivity contribution is -0.139. The van der Waals surface area contributed by atoms with Crippen LogP contribution >= 0.6 is 11.6 Å². The number of esters is 1. The number of hydrogen-bond donors (Lipinski definition) is 2. The lowest BCUT2D eigenvalue weighted by Gasteiger charge is -2.20. The van der Waals surface area contributed by atoms with E-state index in [1.165, 1.54) is 19.4 Å². The number of alkyl halides is 1. The molecule has 0 aliphatic heterocycles. The van der Waals surface area contributed by atoms with Gasteiger partial charge in [-0.05, 0) is 19.1 Å². The molecule has 7 nitrogen and oxygen atoms in total. The van der Waals surface area contributed by atoms with Crippen LogP contribution in [0.1, 0.15) is 19.0 Å². The van der Waals surface area contributed by atoms with Crippen LogP contribution in [0.5, 0.6) is 0 Å². The highest BCUT2D eigenvalue weighted by Crippen LogP contribution is 2.13. The zero-order valence-corrected chi connectivity index (χ0v) is 14.5. The first-order valence-corrected chi connectivity index (χ1v) is 7.70. The van der Waals surface area contributed by atoms with E-state index in [1.54, 1.807) is 13.0 Å². The minimum atomic E-state index is -0.405. The highest BCUT2D eigenvalue weighted by atomic mass is 35.5. The van der Waals surface area contributed by atoms with Crippen molar-refractivity contribution in [3.8, 4) is 0 Å². The largest absolute Gasteiger partial charge is 0.469 e. The number of nitrogens with zero attached hydrogens (tertiary/aromatic N) is 2. The summed E-state index contributed by atoms with van der Waals surface area (Å²) < 4.78 is 4.60. The third-order valence-electron chi connectivity index (χ3n) is 3.09. The number of methoxy groups -OCH3 is 1. The number of hydrogen-bond acceptors (Lipinski definition) is 6. The van der Waals surface area contributed by atoms with Crippen LogP contribution in [0.25, 0.3) is 0 Å². The molecule has 0 radical (unpaired) electrons. The summed E-state index contributed by atoms with van der Waals surface area (Å²) in [7, 11) is 1.31. The average molecular weight is 353 g/mol. The summed E-state index contributed by atoms with van der Waals surface area (Å²) in [5.74, 6) is -0.371. The van der Waals surface area contributed by atoms with Gasteiger partial charge in [0, 0.05) is 18.3 Å². The van der Waals surface area contributed by atoms with Gasteiger partial charge in [0.15, 0.2) is 0 Å². The molecule has 1 aromatic rings. The van der Waals surface area contributed by atoms with E-state index in [9.17, 15) is 9.59 Å². The summed E-state index contributed by atoms with van der Waals surface area (Å²) in [6.45, 7) is 8.90. The van der Waals surface area contributed by atoms with Gasteiger partial charge in [0.25, 0.3) is 0 Å².